The second-order valence-corrected chi connectivity index (χ2v) is 6.55. The highest BCUT2D eigenvalue weighted by atomic mass is 31.2. The topological polar surface area (TPSA) is 55.8 Å². The van der Waals surface area contributed by atoms with Gasteiger partial charge >= 0.3 is 7.60 Å². The molecular weight excluding hydrogens is 275 g/mol. The van der Waals surface area contributed by atoms with Gasteiger partial charge in [0.2, 0.25) is 0 Å². The zero-order valence-electron chi connectivity index (χ0n) is 12.1. The van der Waals surface area contributed by atoms with E-state index in [0.717, 1.165) is 5.56 Å². The zero-order chi connectivity index (χ0) is 15.0. The SMILES string of the molecule is C=CC(C(O)Cc1ccccc1)P(=O)(OCC)OCC. The summed E-state index contributed by atoms with van der Waals surface area (Å²) in [4.78, 5) is 0. The average Bonchev–Trinajstić information content (AvgIpc) is 2.41. The summed E-state index contributed by atoms with van der Waals surface area (Å²) in [7, 11) is -3.39. The first kappa shape index (κ1) is 17.1. The Kier molecular flexibility index (Phi) is 7.17. The molecule has 0 amide bonds. The maximum Gasteiger partial charge on any atom is 0.340 e. The summed E-state index contributed by atoms with van der Waals surface area (Å²) in [6.45, 7) is 7.68. The molecule has 0 saturated heterocycles. The Labute approximate surface area is 121 Å². The van der Waals surface area contributed by atoms with Crippen LogP contribution < -0.4 is 0 Å². The Morgan fingerprint density at radius 3 is 2.25 bits per heavy atom. The summed E-state index contributed by atoms with van der Waals surface area (Å²) in [5, 5.41) is 10.3. The summed E-state index contributed by atoms with van der Waals surface area (Å²) in [6.07, 6.45) is 0.973. The normalized spacial score (nSPS) is 14.8. The molecule has 0 radical (unpaired) electrons. The molecule has 0 aliphatic heterocycles. The lowest BCUT2D eigenvalue weighted by Gasteiger charge is -2.27. The van der Waals surface area contributed by atoms with Gasteiger partial charge in [0, 0.05) is 0 Å². The van der Waals surface area contributed by atoms with Crippen molar-refractivity contribution in [2.24, 2.45) is 0 Å². The molecule has 2 unspecified atom stereocenters. The predicted octanol–water partition coefficient (Wildman–Crippen LogP) is 3.41. The molecule has 20 heavy (non-hydrogen) atoms. The van der Waals surface area contributed by atoms with Crippen LogP contribution in [0.1, 0.15) is 19.4 Å². The molecule has 0 fully saturated rings. The second kappa shape index (κ2) is 8.38. The maximum atomic E-state index is 12.7. The van der Waals surface area contributed by atoms with E-state index in [1.807, 2.05) is 30.3 Å². The summed E-state index contributed by atoms with van der Waals surface area (Å²) < 4.78 is 23.3. The first-order valence-corrected chi connectivity index (χ1v) is 8.41. The predicted molar refractivity (Wildman–Crippen MR) is 81.0 cm³/mol. The fourth-order valence-electron chi connectivity index (χ4n) is 2.04. The molecule has 1 N–H and O–H groups in total. The standard InChI is InChI=1S/C15H23O4P/c1-4-15(20(17,18-5-2)19-6-3)14(16)12-13-10-8-7-9-11-13/h4,7-11,14-16H,1,5-6,12H2,2-3H3. The van der Waals surface area contributed by atoms with Crippen LogP contribution >= 0.6 is 7.60 Å². The lowest BCUT2D eigenvalue weighted by Crippen LogP contribution is -2.28. The minimum absolute atomic E-state index is 0.264. The second-order valence-electron chi connectivity index (χ2n) is 4.36. The number of aliphatic hydroxyl groups excluding tert-OH is 1. The first-order chi connectivity index (χ1) is 9.57. The van der Waals surface area contributed by atoms with Crippen LogP contribution in [-0.2, 0) is 20.0 Å². The van der Waals surface area contributed by atoms with E-state index in [0.29, 0.717) is 6.42 Å². The molecule has 0 aliphatic rings. The minimum atomic E-state index is -3.39. The Bertz CT molecular complexity index is 436. The van der Waals surface area contributed by atoms with Crippen molar-refractivity contribution in [1.29, 1.82) is 0 Å². The van der Waals surface area contributed by atoms with Crippen molar-refractivity contribution in [3.8, 4) is 0 Å². The molecule has 0 heterocycles. The third kappa shape index (κ3) is 4.57. The summed E-state index contributed by atoms with van der Waals surface area (Å²) in [5.41, 5.74) is 0.231. The van der Waals surface area contributed by atoms with E-state index < -0.39 is 19.4 Å². The Morgan fingerprint density at radius 2 is 1.80 bits per heavy atom. The van der Waals surface area contributed by atoms with Crippen molar-refractivity contribution < 1.29 is 18.7 Å². The number of rotatable bonds is 9. The van der Waals surface area contributed by atoms with Gasteiger partial charge in [-0.2, -0.15) is 0 Å². The Hall–Kier alpha value is -0.930. The fraction of sp³-hybridized carbons (Fsp3) is 0.467. The van der Waals surface area contributed by atoms with Crippen LogP contribution in [0.4, 0.5) is 0 Å². The van der Waals surface area contributed by atoms with E-state index in [-0.39, 0.29) is 13.2 Å². The van der Waals surface area contributed by atoms with E-state index in [1.165, 1.54) is 6.08 Å². The van der Waals surface area contributed by atoms with E-state index in [2.05, 4.69) is 6.58 Å². The van der Waals surface area contributed by atoms with Gasteiger partial charge in [-0.15, -0.1) is 6.58 Å². The van der Waals surface area contributed by atoms with Crippen molar-refractivity contribution >= 4 is 7.60 Å². The summed E-state index contributed by atoms with van der Waals surface area (Å²) in [5.74, 6) is 0. The van der Waals surface area contributed by atoms with Crippen molar-refractivity contribution in [2.75, 3.05) is 13.2 Å². The molecule has 1 aromatic rings. The van der Waals surface area contributed by atoms with E-state index >= 15 is 0 Å². The lowest BCUT2D eigenvalue weighted by molar-refractivity contribution is 0.150. The largest absolute Gasteiger partial charge is 0.391 e. The highest BCUT2D eigenvalue weighted by Gasteiger charge is 2.38. The monoisotopic (exact) mass is 298 g/mol. The van der Waals surface area contributed by atoms with Crippen molar-refractivity contribution in [1.82, 2.24) is 0 Å². The van der Waals surface area contributed by atoms with Gasteiger partial charge in [0.15, 0.2) is 0 Å². The minimum Gasteiger partial charge on any atom is -0.391 e. The van der Waals surface area contributed by atoms with Crippen molar-refractivity contribution in [2.45, 2.75) is 32.0 Å². The molecule has 0 saturated carbocycles. The first-order valence-electron chi connectivity index (χ1n) is 6.80. The van der Waals surface area contributed by atoms with E-state index in [9.17, 15) is 9.67 Å². The van der Waals surface area contributed by atoms with Gasteiger partial charge in [0.1, 0.15) is 5.66 Å². The van der Waals surface area contributed by atoms with Crippen LogP contribution in [0.2, 0.25) is 0 Å². The molecule has 1 rings (SSSR count). The molecule has 0 spiro atoms. The number of hydrogen-bond acceptors (Lipinski definition) is 4. The van der Waals surface area contributed by atoms with Crippen LogP contribution in [0.5, 0.6) is 0 Å². The Balaban J connectivity index is 2.87. The number of benzene rings is 1. The lowest BCUT2D eigenvalue weighted by atomic mass is 10.1. The quantitative estimate of drug-likeness (QED) is 0.560. The smallest absolute Gasteiger partial charge is 0.340 e. The Morgan fingerprint density at radius 1 is 1.25 bits per heavy atom. The van der Waals surface area contributed by atoms with Crippen LogP contribution in [0.3, 0.4) is 0 Å². The highest BCUT2D eigenvalue weighted by molar-refractivity contribution is 7.55. The van der Waals surface area contributed by atoms with E-state index in [4.69, 9.17) is 9.05 Å². The number of aliphatic hydroxyl groups is 1. The van der Waals surface area contributed by atoms with Gasteiger partial charge in [0.05, 0.1) is 19.3 Å². The molecule has 5 heteroatoms. The molecule has 1 aromatic carbocycles. The van der Waals surface area contributed by atoms with Crippen LogP contribution in [0.15, 0.2) is 43.0 Å². The van der Waals surface area contributed by atoms with Crippen LogP contribution in [0, 0.1) is 0 Å². The van der Waals surface area contributed by atoms with Crippen molar-refractivity contribution in [3.05, 3.63) is 48.6 Å². The molecule has 0 aromatic heterocycles. The van der Waals surface area contributed by atoms with Gasteiger partial charge in [-0.05, 0) is 25.8 Å². The summed E-state index contributed by atoms with van der Waals surface area (Å²) >= 11 is 0. The average molecular weight is 298 g/mol. The molecule has 2 atom stereocenters. The molecular formula is C15H23O4P. The van der Waals surface area contributed by atoms with Gasteiger partial charge in [-0.3, -0.25) is 4.57 Å². The maximum absolute atomic E-state index is 12.7. The van der Waals surface area contributed by atoms with Crippen molar-refractivity contribution in [3.63, 3.8) is 0 Å². The van der Waals surface area contributed by atoms with Crippen LogP contribution in [0.25, 0.3) is 0 Å². The zero-order valence-corrected chi connectivity index (χ0v) is 13.0. The van der Waals surface area contributed by atoms with Gasteiger partial charge in [-0.25, -0.2) is 0 Å². The molecule has 0 bridgehead atoms. The third-order valence-corrected chi connectivity index (χ3v) is 5.43. The van der Waals surface area contributed by atoms with Gasteiger partial charge in [-0.1, -0.05) is 36.4 Å². The molecule has 0 aliphatic carbocycles. The van der Waals surface area contributed by atoms with Crippen LogP contribution in [-0.4, -0.2) is 30.1 Å². The molecule has 112 valence electrons. The fourth-order valence-corrected chi connectivity index (χ4v) is 3.97. The highest BCUT2D eigenvalue weighted by Crippen LogP contribution is 2.54. The van der Waals surface area contributed by atoms with Gasteiger partial charge < -0.3 is 14.2 Å². The van der Waals surface area contributed by atoms with Gasteiger partial charge in [0.25, 0.3) is 0 Å². The summed E-state index contributed by atoms with van der Waals surface area (Å²) in [6, 6.07) is 9.53. The van der Waals surface area contributed by atoms with E-state index in [1.54, 1.807) is 13.8 Å². The molecule has 4 nitrogen and oxygen atoms in total. The third-order valence-electron chi connectivity index (χ3n) is 2.91. The number of hydrogen-bond donors (Lipinski definition) is 1.